The Balaban J connectivity index is 2.36. The number of nitro groups is 1. The van der Waals surface area contributed by atoms with Gasteiger partial charge in [-0.3, -0.25) is 19.7 Å². The van der Waals surface area contributed by atoms with E-state index in [1.165, 1.54) is 18.1 Å². The number of methoxy groups -OCH3 is 1. The van der Waals surface area contributed by atoms with Crippen molar-refractivity contribution in [1.29, 1.82) is 0 Å². The maximum absolute atomic E-state index is 12.9. The maximum Gasteiger partial charge on any atom is 0.313 e. The number of carbonyl (C=O) groups excluding carboxylic acids is 1. The standard InChI is InChI=1S/C17H22N2O6/c1-11-7-12(2)14(19(23)24)8-13(11)15(20)18-6-4-5-17(9-18,10-25-3)16(21)22/h7-8H,4-6,9-10H2,1-3H3,(H,21,22). The molecule has 2 rings (SSSR count). The number of hydrogen-bond donors (Lipinski definition) is 1. The Kier molecular flexibility index (Phi) is 5.42. The highest BCUT2D eigenvalue weighted by molar-refractivity contribution is 5.97. The number of piperidine rings is 1. The van der Waals surface area contributed by atoms with Crippen molar-refractivity contribution in [3.63, 3.8) is 0 Å². The lowest BCUT2D eigenvalue weighted by Crippen LogP contribution is -2.52. The zero-order valence-corrected chi connectivity index (χ0v) is 14.6. The largest absolute Gasteiger partial charge is 0.481 e. The van der Waals surface area contributed by atoms with E-state index in [9.17, 15) is 24.8 Å². The highest BCUT2D eigenvalue weighted by atomic mass is 16.6. The summed E-state index contributed by atoms with van der Waals surface area (Å²) in [5, 5.41) is 20.7. The van der Waals surface area contributed by atoms with Crippen molar-refractivity contribution in [3.05, 3.63) is 38.9 Å². The highest BCUT2D eigenvalue weighted by Crippen LogP contribution is 2.32. The van der Waals surface area contributed by atoms with Crippen LogP contribution in [0.3, 0.4) is 0 Å². The minimum atomic E-state index is -1.15. The highest BCUT2D eigenvalue weighted by Gasteiger charge is 2.44. The van der Waals surface area contributed by atoms with Crippen LogP contribution in [0.25, 0.3) is 0 Å². The van der Waals surface area contributed by atoms with Crippen LogP contribution >= 0.6 is 0 Å². The number of aryl methyl sites for hydroxylation is 2. The summed E-state index contributed by atoms with van der Waals surface area (Å²) in [6, 6.07) is 2.88. The second-order valence-corrected chi connectivity index (χ2v) is 6.56. The first-order valence-corrected chi connectivity index (χ1v) is 7.99. The normalized spacial score (nSPS) is 20.4. The first-order valence-electron chi connectivity index (χ1n) is 7.99. The zero-order chi connectivity index (χ0) is 18.8. The quantitative estimate of drug-likeness (QED) is 0.644. The van der Waals surface area contributed by atoms with Gasteiger partial charge in [0.25, 0.3) is 11.6 Å². The monoisotopic (exact) mass is 350 g/mol. The second kappa shape index (κ2) is 7.18. The summed E-state index contributed by atoms with van der Waals surface area (Å²) in [5.74, 6) is -1.39. The van der Waals surface area contributed by atoms with E-state index in [-0.39, 0.29) is 30.3 Å². The third kappa shape index (κ3) is 3.63. The molecule has 1 aromatic rings. The van der Waals surface area contributed by atoms with Gasteiger partial charge in [0, 0.05) is 37.4 Å². The number of carbonyl (C=O) groups is 2. The Morgan fingerprint density at radius 2 is 2.04 bits per heavy atom. The summed E-state index contributed by atoms with van der Waals surface area (Å²) in [5.41, 5.74) is 0.0827. The number of nitrogens with zero attached hydrogens (tertiary/aromatic N) is 2. The van der Waals surface area contributed by atoms with Gasteiger partial charge in [0.05, 0.1) is 11.5 Å². The molecule has 136 valence electrons. The van der Waals surface area contributed by atoms with Crippen LogP contribution in [0.2, 0.25) is 0 Å². The van der Waals surface area contributed by atoms with Crippen molar-refractivity contribution >= 4 is 17.6 Å². The lowest BCUT2D eigenvalue weighted by Gasteiger charge is -2.39. The Labute approximate surface area is 145 Å². The number of carboxylic acids is 1. The lowest BCUT2D eigenvalue weighted by atomic mass is 9.80. The van der Waals surface area contributed by atoms with Gasteiger partial charge >= 0.3 is 5.97 Å². The van der Waals surface area contributed by atoms with Crippen LogP contribution in [-0.2, 0) is 9.53 Å². The molecule has 0 radical (unpaired) electrons. The van der Waals surface area contributed by atoms with Crippen LogP contribution < -0.4 is 0 Å². The molecular weight excluding hydrogens is 328 g/mol. The van der Waals surface area contributed by atoms with Gasteiger partial charge in [0.2, 0.25) is 0 Å². The van der Waals surface area contributed by atoms with Crippen LogP contribution in [0, 0.1) is 29.4 Å². The topological polar surface area (TPSA) is 110 Å². The predicted molar refractivity (Wildman–Crippen MR) is 89.7 cm³/mol. The van der Waals surface area contributed by atoms with E-state index in [1.54, 1.807) is 19.9 Å². The van der Waals surface area contributed by atoms with Crippen LogP contribution in [0.5, 0.6) is 0 Å². The number of benzene rings is 1. The molecule has 8 nitrogen and oxygen atoms in total. The van der Waals surface area contributed by atoms with Crippen LogP contribution in [0.4, 0.5) is 5.69 Å². The van der Waals surface area contributed by atoms with Crippen molar-refractivity contribution in [2.75, 3.05) is 26.8 Å². The van der Waals surface area contributed by atoms with E-state index in [0.29, 0.717) is 30.5 Å². The third-order valence-electron chi connectivity index (χ3n) is 4.71. The first-order chi connectivity index (χ1) is 11.7. The van der Waals surface area contributed by atoms with E-state index >= 15 is 0 Å². The van der Waals surface area contributed by atoms with Gasteiger partial charge in [-0.2, -0.15) is 0 Å². The van der Waals surface area contributed by atoms with Crippen molar-refractivity contribution < 1.29 is 24.4 Å². The van der Waals surface area contributed by atoms with E-state index in [2.05, 4.69) is 0 Å². The number of nitro benzene ring substituents is 1. The second-order valence-electron chi connectivity index (χ2n) is 6.56. The number of likely N-dealkylation sites (tertiary alicyclic amines) is 1. The van der Waals surface area contributed by atoms with Gasteiger partial charge in [-0.05, 0) is 38.3 Å². The summed E-state index contributed by atoms with van der Waals surface area (Å²) in [4.78, 5) is 36.7. The maximum atomic E-state index is 12.9. The molecule has 0 spiro atoms. The van der Waals surface area contributed by atoms with Gasteiger partial charge < -0.3 is 14.7 Å². The average molecular weight is 350 g/mol. The molecule has 1 unspecified atom stereocenters. The summed E-state index contributed by atoms with van der Waals surface area (Å²) < 4.78 is 5.06. The zero-order valence-electron chi connectivity index (χ0n) is 14.6. The molecule has 1 aromatic carbocycles. The smallest absolute Gasteiger partial charge is 0.313 e. The van der Waals surface area contributed by atoms with Crippen molar-refractivity contribution in [1.82, 2.24) is 4.90 Å². The summed E-state index contributed by atoms with van der Waals surface area (Å²) in [6.45, 7) is 3.79. The van der Waals surface area contributed by atoms with Gasteiger partial charge in [-0.25, -0.2) is 0 Å². The fourth-order valence-corrected chi connectivity index (χ4v) is 3.37. The molecule has 1 aliphatic heterocycles. The number of aliphatic carboxylic acids is 1. The SMILES string of the molecule is COCC1(C(=O)O)CCCN(C(=O)c2cc([N+](=O)[O-])c(C)cc2C)C1. The molecule has 0 bridgehead atoms. The van der Waals surface area contributed by atoms with Crippen molar-refractivity contribution in [2.45, 2.75) is 26.7 Å². The Morgan fingerprint density at radius 3 is 2.60 bits per heavy atom. The summed E-state index contributed by atoms with van der Waals surface area (Å²) in [7, 11) is 1.43. The fraction of sp³-hybridized carbons (Fsp3) is 0.529. The number of ether oxygens (including phenoxy) is 1. The van der Waals surface area contributed by atoms with E-state index < -0.39 is 16.3 Å². The first kappa shape index (κ1) is 18.9. The molecule has 25 heavy (non-hydrogen) atoms. The summed E-state index contributed by atoms with van der Waals surface area (Å²) >= 11 is 0. The Bertz CT molecular complexity index is 713. The van der Waals surface area contributed by atoms with Crippen LogP contribution in [0.15, 0.2) is 12.1 Å². The molecule has 0 aliphatic carbocycles. The van der Waals surface area contributed by atoms with E-state index in [0.717, 1.165) is 0 Å². The molecule has 0 aromatic heterocycles. The molecule has 1 saturated heterocycles. The number of amides is 1. The molecule has 1 N–H and O–H groups in total. The molecule has 1 amide bonds. The van der Waals surface area contributed by atoms with Gasteiger partial charge in [-0.15, -0.1) is 0 Å². The fourth-order valence-electron chi connectivity index (χ4n) is 3.37. The average Bonchev–Trinajstić information content (AvgIpc) is 2.54. The number of hydrogen-bond acceptors (Lipinski definition) is 5. The number of carboxylic acid groups (broad SMARTS) is 1. The molecule has 1 fully saturated rings. The minimum absolute atomic E-state index is 0.0130. The van der Waals surface area contributed by atoms with E-state index in [1.807, 2.05) is 0 Å². The molecule has 8 heteroatoms. The van der Waals surface area contributed by atoms with Gasteiger partial charge in [0.15, 0.2) is 0 Å². The van der Waals surface area contributed by atoms with Crippen LogP contribution in [-0.4, -0.2) is 53.6 Å². The predicted octanol–water partition coefficient (Wildman–Crippen LogP) is 2.17. The van der Waals surface area contributed by atoms with Crippen LogP contribution in [0.1, 0.15) is 34.3 Å². The van der Waals surface area contributed by atoms with Gasteiger partial charge in [0.1, 0.15) is 5.41 Å². The van der Waals surface area contributed by atoms with Crippen molar-refractivity contribution in [3.8, 4) is 0 Å². The molecule has 0 saturated carbocycles. The van der Waals surface area contributed by atoms with E-state index in [4.69, 9.17) is 4.74 Å². The third-order valence-corrected chi connectivity index (χ3v) is 4.71. The summed E-state index contributed by atoms with van der Waals surface area (Å²) in [6.07, 6.45) is 0.960. The molecule has 1 aliphatic rings. The molecule has 1 atom stereocenters. The van der Waals surface area contributed by atoms with Gasteiger partial charge in [-0.1, -0.05) is 0 Å². The van der Waals surface area contributed by atoms with Crippen molar-refractivity contribution in [2.24, 2.45) is 5.41 Å². The number of rotatable bonds is 5. The Hall–Kier alpha value is -2.48. The Morgan fingerprint density at radius 1 is 1.36 bits per heavy atom. The minimum Gasteiger partial charge on any atom is -0.481 e. The lowest BCUT2D eigenvalue weighted by molar-refractivity contribution is -0.385. The molecule has 1 heterocycles. The molecular formula is C17H22N2O6.